The zero-order valence-corrected chi connectivity index (χ0v) is 10.6. The Morgan fingerprint density at radius 3 is 2.44 bits per heavy atom. The van der Waals surface area contributed by atoms with Gasteiger partial charge in [0.05, 0.1) is 6.10 Å². The minimum atomic E-state index is -0.142. The molecule has 0 aromatic heterocycles. The summed E-state index contributed by atoms with van der Waals surface area (Å²) in [5.41, 5.74) is 0.867. The lowest BCUT2D eigenvalue weighted by molar-refractivity contribution is 0.177. The standard InChI is InChI=1S/C14H21NO3/c1-9(11-5-13(17)7-14(18)6-11)15-8-10-2-3-12(16)4-10/h5-7,9-10,12,15-18H,2-4,8H2,1H3. The van der Waals surface area contributed by atoms with Gasteiger partial charge < -0.3 is 20.6 Å². The van der Waals surface area contributed by atoms with Crippen LogP contribution in [0.3, 0.4) is 0 Å². The topological polar surface area (TPSA) is 72.7 Å². The van der Waals surface area contributed by atoms with Crippen molar-refractivity contribution in [1.29, 1.82) is 0 Å². The molecule has 0 radical (unpaired) electrons. The molecule has 1 aliphatic rings. The second-order valence-electron chi connectivity index (χ2n) is 5.25. The van der Waals surface area contributed by atoms with E-state index in [-0.39, 0.29) is 23.6 Å². The molecule has 0 saturated heterocycles. The number of phenols is 2. The van der Waals surface area contributed by atoms with Gasteiger partial charge in [-0.05, 0) is 56.3 Å². The molecule has 0 heterocycles. The van der Waals surface area contributed by atoms with Crippen LogP contribution in [-0.4, -0.2) is 28.0 Å². The molecule has 3 atom stereocenters. The third-order valence-electron chi connectivity index (χ3n) is 3.65. The van der Waals surface area contributed by atoms with Crippen molar-refractivity contribution in [2.45, 2.75) is 38.3 Å². The smallest absolute Gasteiger partial charge is 0.119 e. The van der Waals surface area contributed by atoms with Crippen molar-refractivity contribution < 1.29 is 15.3 Å². The van der Waals surface area contributed by atoms with Crippen molar-refractivity contribution in [3.63, 3.8) is 0 Å². The van der Waals surface area contributed by atoms with Crippen molar-refractivity contribution in [2.24, 2.45) is 5.92 Å². The number of benzene rings is 1. The van der Waals surface area contributed by atoms with Gasteiger partial charge in [-0.15, -0.1) is 0 Å². The van der Waals surface area contributed by atoms with Crippen LogP contribution in [0.25, 0.3) is 0 Å². The molecule has 3 unspecified atom stereocenters. The number of aromatic hydroxyl groups is 2. The van der Waals surface area contributed by atoms with Crippen LogP contribution in [0, 0.1) is 5.92 Å². The molecule has 0 spiro atoms. The zero-order chi connectivity index (χ0) is 13.1. The summed E-state index contributed by atoms with van der Waals surface area (Å²) in [6.07, 6.45) is 2.68. The normalized spacial score (nSPS) is 25.2. The Balaban J connectivity index is 1.89. The maximum atomic E-state index is 9.46. The van der Waals surface area contributed by atoms with Crippen LogP contribution in [0.1, 0.15) is 37.8 Å². The number of hydrogen-bond acceptors (Lipinski definition) is 4. The highest BCUT2D eigenvalue weighted by atomic mass is 16.3. The van der Waals surface area contributed by atoms with Crippen LogP contribution in [0.5, 0.6) is 11.5 Å². The second kappa shape index (κ2) is 5.59. The molecule has 1 aliphatic carbocycles. The summed E-state index contributed by atoms with van der Waals surface area (Å²) in [5.74, 6) is 0.679. The van der Waals surface area contributed by atoms with E-state index in [0.29, 0.717) is 5.92 Å². The van der Waals surface area contributed by atoms with E-state index in [2.05, 4.69) is 5.32 Å². The van der Waals surface area contributed by atoms with Gasteiger partial charge in [-0.2, -0.15) is 0 Å². The number of phenolic OH excluding ortho intramolecular Hbond substituents is 2. The Morgan fingerprint density at radius 2 is 1.89 bits per heavy atom. The van der Waals surface area contributed by atoms with Crippen LogP contribution >= 0.6 is 0 Å². The highest BCUT2D eigenvalue weighted by Crippen LogP contribution is 2.27. The fourth-order valence-electron chi connectivity index (χ4n) is 2.56. The number of aliphatic hydroxyl groups excluding tert-OH is 1. The summed E-state index contributed by atoms with van der Waals surface area (Å²) in [7, 11) is 0. The van der Waals surface area contributed by atoms with Crippen molar-refractivity contribution in [3.05, 3.63) is 23.8 Å². The van der Waals surface area contributed by atoms with E-state index in [4.69, 9.17) is 0 Å². The molecular formula is C14H21NO3. The van der Waals surface area contributed by atoms with Gasteiger partial charge in [0.2, 0.25) is 0 Å². The average Bonchev–Trinajstić information content (AvgIpc) is 2.70. The van der Waals surface area contributed by atoms with Gasteiger partial charge in [-0.3, -0.25) is 0 Å². The van der Waals surface area contributed by atoms with Crippen LogP contribution in [0.2, 0.25) is 0 Å². The average molecular weight is 251 g/mol. The third kappa shape index (κ3) is 3.37. The van der Waals surface area contributed by atoms with E-state index in [1.807, 2.05) is 6.92 Å². The molecule has 1 aromatic rings. The zero-order valence-electron chi connectivity index (χ0n) is 10.6. The van der Waals surface area contributed by atoms with E-state index >= 15 is 0 Å². The summed E-state index contributed by atoms with van der Waals surface area (Å²) in [4.78, 5) is 0. The van der Waals surface area contributed by atoms with Crippen LogP contribution in [-0.2, 0) is 0 Å². The number of hydrogen-bond donors (Lipinski definition) is 4. The fourth-order valence-corrected chi connectivity index (χ4v) is 2.56. The summed E-state index contributed by atoms with van der Waals surface area (Å²) in [6.45, 7) is 2.86. The van der Waals surface area contributed by atoms with Crippen LogP contribution in [0.15, 0.2) is 18.2 Å². The molecular weight excluding hydrogens is 230 g/mol. The quantitative estimate of drug-likeness (QED) is 0.659. The van der Waals surface area contributed by atoms with Crippen LogP contribution in [0.4, 0.5) is 0 Å². The van der Waals surface area contributed by atoms with Gasteiger partial charge >= 0.3 is 0 Å². The number of rotatable bonds is 4. The molecule has 1 aromatic carbocycles. The predicted octanol–water partition coefficient (Wildman–Crippen LogP) is 1.91. The summed E-state index contributed by atoms with van der Waals surface area (Å²) >= 11 is 0. The van der Waals surface area contributed by atoms with Crippen molar-refractivity contribution in [1.82, 2.24) is 5.32 Å². The Morgan fingerprint density at radius 1 is 1.22 bits per heavy atom. The summed E-state index contributed by atoms with van der Waals surface area (Å²) < 4.78 is 0. The SMILES string of the molecule is CC(NCC1CCC(O)C1)c1cc(O)cc(O)c1. The molecule has 100 valence electrons. The van der Waals surface area contributed by atoms with Gasteiger partial charge in [0.1, 0.15) is 11.5 Å². The molecule has 4 heteroatoms. The molecule has 18 heavy (non-hydrogen) atoms. The van der Waals surface area contributed by atoms with E-state index in [1.165, 1.54) is 6.07 Å². The lowest BCUT2D eigenvalue weighted by Gasteiger charge is -2.18. The number of aliphatic hydroxyl groups is 1. The highest BCUT2D eigenvalue weighted by Gasteiger charge is 2.22. The predicted molar refractivity (Wildman–Crippen MR) is 69.5 cm³/mol. The summed E-state index contributed by atoms with van der Waals surface area (Å²) in [5, 5.41) is 31.7. The molecule has 1 fully saturated rings. The van der Waals surface area contributed by atoms with E-state index in [1.54, 1.807) is 12.1 Å². The Labute approximate surface area is 107 Å². The molecule has 4 N–H and O–H groups in total. The monoisotopic (exact) mass is 251 g/mol. The van der Waals surface area contributed by atoms with Crippen molar-refractivity contribution in [3.8, 4) is 11.5 Å². The molecule has 0 aliphatic heterocycles. The first-order valence-electron chi connectivity index (χ1n) is 6.49. The van der Waals surface area contributed by atoms with Gasteiger partial charge in [0.25, 0.3) is 0 Å². The van der Waals surface area contributed by atoms with E-state index in [9.17, 15) is 15.3 Å². The van der Waals surface area contributed by atoms with E-state index < -0.39 is 0 Å². The first-order chi connectivity index (χ1) is 8.54. The minimum absolute atomic E-state index is 0.0701. The first-order valence-corrected chi connectivity index (χ1v) is 6.49. The molecule has 4 nitrogen and oxygen atoms in total. The maximum Gasteiger partial charge on any atom is 0.119 e. The largest absolute Gasteiger partial charge is 0.508 e. The van der Waals surface area contributed by atoms with Crippen LogP contribution < -0.4 is 5.32 Å². The highest BCUT2D eigenvalue weighted by molar-refractivity contribution is 5.37. The fraction of sp³-hybridized carbons (Fsp3) is 0.571. The molecule has 1 saturated carbocycles. The third-order valence-corrected chi connectivity index (χ3v) is 3.65. The van der Waals surface area contributed by atoms with Gasteiger partial charge in [0, 0.05) is 12.1 Å². The molecule has 0 amide bonds. The first kappa shape index (κ1) is 13.2. The Hall–Kier alpha value is -1.26. The lowest BCUT2D eigenvalue weighted by Crippen LogP contribution is -2.25. The minimum Gasteiger partial charge on any atom is -0.508 e. The lowest BCUT2D eigenvalue weighted by atomic mass is 10.0. The van der Waals surface area contributed by atoms with Crippen molar-refractivity contribution >= 4 is 0 Å². The Kier molecular flexibility index (Phi) is 4.09. The maximum absolute atomic E-state index is 9.46. The second-order valence-corrected chi connectivity index (χ2v) is 5.25. The molecule has 2 rings (SSSR count). The van der Waals surface area contributed by atoms with Gasteiger partial charge in [-0.1, -0.05) is 0 Å². The summed E-state index contributed by atoms with van der Waals surface area (Å²) in [6, 6.07) is 4.70. The number of nitrogens with one attached hydrogen (secondary N) is 1. The van der Waals surface area contributed by atoms with Gasteiger partial charge in [0.15, 0.2) is 0 Å². The van der Waals surface area contributed by atoms with Gasteiger partial charge in [-0.25, -0.2) is 0 Å². The van der Waals surface area contributed by atoms with E-state index in [0.717, 1.165) is 31.4 Å². The Bertz CT molecular complexity index is 388. The molecule has 0 bridgehead atoms. The van der Waals surface area contributed by atoms with Crippen molar-refractivity contribution in [2.75, 3.05) is 6.54 Å².